The molecule has 0 aliphatic carbocycles. The Bertz CT molecular complexity index is 1190. The van der Waals surface area contributed by atoms with E-state index >= 15 is 0 Å². The number of rotatable bonds is 5. The van der Waals surface area contributed by atoms with Gasteiger partial charge in [0.25, 0.3) is 0 Å². The monoisotopic (exact) mass is 392 g/mol. The second kappa shape index (κ2) is 6.82. The number of hydrogen-bond donors (Lipinski definition) is 2. The van der Waals surface area contributed by atoms with Crippen LogP contribution >= 0.6 is 0 Å². The summed E-state index contributed by atoms with van der Waals surface area (Å²) in [5.41, 5.74) is 3.45. The fourth-order valence-corrected chi connectivity index (χ4v) is 3.16. The molecule has 1 aliphatic rings. The molecule has 0 atom stereocenters. The van der Waals surface area contributed by atoms with Crippen LogP contribution in [0.3, 0.4) is 0 Å². The lowest BCUT2D eigenvalue weighted by atomic mass is 10.2. The molecule has 10 nitrogen and oxygen atoms in total. The number of aromatic amines is 1. The first kappa shape index (κ1) is 17.0. The Kier molecular flexibility index (Phi) is 4.01. The van der Waals surface area contributed by atoms with E-state index in [0.29, 0.717) is 53.0 Å². The standard InChI is InChI=1S/C19H16N6O4/c1-27-15-8-12(25-5-7-29-19(25)26)2-3-13(15)21-18-16-14(9-20-24-16)22-17(23-18)11-4-6-28-10-11/h2-4,6,8-10H,5,7H2,1H3,(H,20,24)(H,21,22,23). The Balaban J connectivity index is 1.53. The smallest absolute Gasteiger partial charge is 0.414 e. The van der Waals surface area contributed by atoms with E-state index < -0.39 is 0 Å². The van der Waals surface area contributed by atoms with E-state index in [1.165, 1.54) is 0 Å². The minimum absolute atomic E-state index is 0.368. The highest BCUT2D eigenvalue weighted by atomic mass is 16.6. The van der Waals surface area contributed by atoms with Crippen molar-refractivity contribution in [3.8, 4) is 17.1 Å². The molecule has 1 aromatic carbocycles. The fraction of sp³-hybridized carbons (Fsp3) is 0.158. The van der Waals surface area contributed by atoms with Gasteiger partial charge in [-0.25, -0.2) is 14.8 Å². The van der Waals surface area contributed by atoms with Crippen molar-refractivity contribution in [2.45, 2.75) is 0 Å². The van der Waals surface area contributed by atoms with E-state index in [9.17, 15) is 4.79 Å². The summed E-state index contributed by atoms with van der Waals surface area (Å²) in [5, 5.41) is 10.2. The number of aromatic nitrogens is 4. The molecule has 0 spiro atoms. The van der Waals surface area contributed by atoms with Gasteiger partial charge in [0.2, 0.25) is 0 Å². The molecule has 0 saturated carbocycles. The first-order valence-electron chi connectivity index (χ1n) is 8.86. The van der Waals surface area contributed by atoms with Crippen molar-refractivity contribution in [3.63, 3.8) is 0 Å². The molecule has 1 fully saturated rings. The number of benzene rings is 1. The molecular weight excluding hydrogens is 376 g/mol. The molecule has 2 N–H and O–H groups in total. The Morgan fingerprint density at radius 2 is 2.21 bits per heavy atom. The predicted octanol–water partition coefficient (Wildman–Crippen LogP) is 3.32. The molecule has 0 bridgehead atoms. The van der Waals surface area contributed by atoms with E-state index in [2.05, 4.69) is 25.5 Å². The molecule has 1 aliphatic heterocycles. The molecule has 146 valence electrons. The Hall–Kier alpha value is -4.08. The van der Waals surface area contributed by atoms with Crippen molar-refractivity contribution in [3.05, 3.63) is 43.0 Å². The van der Waals surface area contributed by atoms with Gasteiger partial charge in [0.05, 0.1) is 43.1 Å². The number of nitrogens with one attached hydrogen (secondary N) is 2. The van der Waals surface area contributed by atoms with Crippen molar-refractivity contribution >= 4 is 34.3 Å². The lowest BCUT2D eigenvalue weighted by molar-refractivity contribution is 0.181. The zero-order valence-electron chi connectivity index (χ0n) is 15.4. The number of anilines is 3. The number of carbonyl (C=O) groups is 1. The van der Waals surface area contributed by atoms with Gasteiger partial charge >= 0.3 is 6.09 Å². The van der Waals surface area contributed by atoms with Crippen molar-refractivity contribution in [1.29, 1.82) is 0 Å². The fourth-order valence-electron chi connectivity index (χ4n) is 3.16. The van der Waals surface area contributed by atoms with Gasteiger partial charge < -0.3 is 19.2 Å². The largest absolute Gasteiger partial charge is 0.494 e. The molecule has 1 saturated heterocycles. The lowest BCUT2D eigenvalue weighted by Crippen LogP contribution is -2.23. The van der Waals surface area contributed by atoms with Crippen molar-refractivity contribution in [1.82, 2.24) is 20.2 Å². The number of amides is 1. The van der Waals surface area contributed by atoms with Crippen molar-refractivity contribution in [2.24, 2.45) is 0 Å². The first-order valence-corrected chi connectivity index (χ1v) is 8.86. The predicted molar refractivity (Wildman–Crippen MR) is 104 cm³/mol. The third-order valence-corrected chi connectivity index (χ3v) is 4.59. The van der Waals surface area contributed by atoms with Gasteiger partial charge in [-0.2, -0.15) is 5.10 Å². The number of hydrogen-bond acceptors (Lipinski definition) is 8. The number of ether oxygens (including phenoxy) is 2. The maximum Gasteiger partial charge on any atom is 0.414 e. The zero-order valence-corrected chi connectivity index (χ0v) is 15.4. The van der Waals surface area contributed by atoms with Crippen molar-refractivity contribution < 1.29 is 18.7 Å². The highest BCUT2D eigenvalue weighted by molar-refractivity contribution is 5.92. The van der Waals surface area contributed by atoms with E-state index in [1.54, 1.807) is 42.9 Å². The van der Waals surface area contributed by atoms with E-state index in [-0.39, 0.29) is 6.09 Å². The molecule has 4 aromatic rings. The summed E-state index contributed by atoms with van der Waals surface area (Å²) in [7, 11) is 1.56. The van der Waals surface area contributed by atoms with Crippen LogP contribution in [0.25, 0.3) is 22.4 Å². The molecule has 3 aromatic heterocycles. The lowest BCUT2D eigenvalue weighted by Gasteiger charge is -2.17. The summed E-state index contributed by atoms with van der Waals surface area (Å²) in [6.45, 7) is 0.875. The number of H-pyrrole nitrogens is 1. The summed E-state index contributed by atoms with van der Waals surface area (Å²) in [5.74, 6) is 1.60. The van der Waals surface area contributed by atoms with Gasteiger partial charge in [-0.15, -0.1) is 0 Å². The number of methoxy groups -OCH3 is 1. The number of carbonyl (C=O) groups excluding carboxylic acids is 1. The van der Waals surface area contributed by atoms with Gasteiger partial charge in [0.1, 0.15) is 29.7 Å². The molecule has 5 rings (SSSR count). The van der Waals surface area contributed by atoms with Gasteiger partial charge in [-0.3, -0.25) is 10.00 Å². The molecule has 1 amide bonds. The van der Waals surface area contributed by atoms with Crippen LogP contribution in [0.4, 0.5) is 22.0 Å². The van der Waals surface area contributed by atoms with Crippen LogP contribution in [0.2, 0.25) is 0 Å². The summed E-state index contributed by atoms with van der Waals surface area (Å²) in [6, 6.07) is 7.20. The molecule has 4 heterocycles. The quantitative estimate of drug-likeness (QED) is 0.531. The van der Waals surface area contributed by atoms with Crippen LogP contribution in [0.1, 0.15) is 0 Å². The van der Waals surface area contributed by atoms with Crippen LogP contribution in [0, 0.1) is 0 Å². The van der Waals surface area contributed by atoms with Gasteiger partial charge in [-0.1, -0.05) is 0 Å². The minimum atomic E-state index is -0.368. The summed E-state index contributed by atoms with van der Waals surface area (Å²) >= 11 is 0. The molecular formula is C19H16N6O4. The average molecular weight is 392 g/mol. The Morgan fingerprint density at radius 3 is 2.97 bits per heavy atom. The maximum absolute atomic E-state index is 11.8. The van der Waals surface area contributed by atoms with Crippen LogP contribution in [0.15, 0.2) is 47.4 Å². The van der Waals surface area contributed by atoms with E-state index in [1.807, 2.05) is 12.1 Å². The average Bonchev–Trinajstić information content (AvgIpc) is 3.49. The van der Waals surface area contributed by atoms with E-state index in [4.69, 9.17) is 13.9 Å². The highest BCUT2D eigenvalue weighted by Gasteiger charge is 2.24. The summed E-state index contributed by atoms with van der Waals surface area (Å²) in [6.07, 6.45) is 4.41. The maximum atomic E-state index is 11.8. The summed E-state index contributed by atoms with van der Waals surface area (Å²) < 4.78 is 15.7. The number of cyclic esters (lactones) is 1. The van der Waals surface area contributed by atoms with E-state index in [0.717, 1.165) is 5.56 Å². The SMILES string of the molecule is COc1cc(N2CCOC2=O)ccc1Nc1nc(-c2ccoc2)nc2cn[nH]c12. The van der Waals surface area contributed by atoms with Crippen LogP contribution in [0.5, 0.6) is 5.75 Å². The van der Waals surface area contributed by atoms with Crippen molar-refractivity contribution in [2.75, 3.05) is 30.5 Å². The van der Waals surface area contributed by atoms with Gasteiger partial charge in [-0.05, 0) is 18.2 Å². The van der Waals surface area contributed by atoms with Gasteiger partial charge in [0, 0.05) is 6.07 Å². The Labute approximate surface area is 164 Å². The normalized spacial score (nSPS) is 13.7. The topological polar surface area (TPSA) is 118 Å². The number of fused-ring (bicyclic) bond motifs is 1. The van der Waals surface area contributed by atoms with Gasteiger partial charge in [0.15, 0.2) is 11.6 Å². The highest BCUT2D eigenvalue weighted by Crippen LogP contribution is 2.34. The Morgan fingerprint density at radius 1 is 1.28 bits per heavy atom. The minimum Gasteiger partial charge on any atom is -0.494 e. The van der Waals surface area contributed by atoms with Crippen LogP contribution in [-0.2, 0) is 4.74 Å². The number of furan rings is 1. The third-order valence-electron chi connectivity index (χ3n) is 4.59. The molecule has 0 unspecified atom stereocenters. The second-order valence-corrected chi connectivity index (χ2v) is 6.31. The zero-order chi connectivity index (χ0) is 19.8. The second-order valence-electron chi connectivity index (χ2n) is 6.31. The number of nitrogens with zero attached hydrogens (tertiary/aromatic N) is 4. The molecule has 10 heteroatoms. The molecule has 29 heavy (non-hydrogen) atoms. The van der Waals surface area contributed by atoms with Crippen LogP contribution < -0.4 is 15.0 Å². The van der Waals surface area contributed by atoms with Crippen LogP contribution in [-0.4, -0.2) is 46.5 Å². The summed E-state index contributed by atoms with van der Waals surface area (Å²) in [4.78, 5) is 22.5. The third kappa shape index (κ3) is 3.00. The molecule has 0 radical (unpaired) electrons. The first-order chi connectivity index (χ1) is 14.2.